The van der Waals surface area contributed by atoms with Crippen molar-refractivity contribution in [1.29, 1.82) is 0 Å². The highest BCUT2D eigenvalue weighted by atomic mass is 16.6. The third-order valence-corrected chi connectivity index (χ3v) is 2.57. The van der Waals surface area contributed by atoms with Crippen molar-refractivity contribution in [2.45, 2.75) is 6.54 Å². The molecule has 0 spiro atoms. The largest absolute Gasteiger partial charge is 0.389 e. The number of amides is 2. The summed E-state index contributed by atoms with van der Waals surface area (Å²) in [7, 11) is 1.51. The molecule has 0 aliphatic carbocycles. The average Bonchev–Trinajstić information content (AvgIpc) is 2.96. The van der Waals surface area contributed by atoms with E-state index in [0.717, 1.165) is 4.68 Å². The summed E-state index contributed by atoms with van der Waals surface area (Å²) in [5.74, 6) is -1.62. The molecule has 0 saturated carbocycles. The minimum atomic E-state index is -0.736. The van der Waals surface area contributed by atoms with Crippen molar-refractivity contribution >= 4 is 23.3 Å². The number of nitrogens with zero attached hydrogens (tertiary/aromatic N) is 5. The van der Waals surface area contributed by atoms with Gasteiger partial charge in [-0.1, -0.05) is 0 Å². The molecule has 21 heavy (non-hydrogen) atoms. The van der Waals surface area contributed by atoms with Crippen LogP contribution in [0.1, 0.15) is 10.5 Å². The first-order valence-electron chi connectivity index (χ1n) is 5.68. The van der Waals surface area contributed by atoms with Gasteiger partial charge in [0, 0.05) is 7.05 Å². The zero-order valence-electron chi connectivity index (χ0n) is 10.9. The van der Waals surface area contributed by atoms with Crippen LogP contribution in [0.2, 0.25) is 0 Å². The Kier molecular flexibility index (Phi) is 3.65. The van der Waals surface area contributed by atoms with Gasteiger partial charge in [0.05, 0.1) is 29.2 Å². The molecule has 2 amide bonds. The number of nitrogens with two attached hydrogens (primary N) is 1. The minimum absolute atomic E-state index is 0.0507. The molecule has 0 unspecified atom stereocenters. The molecule has 2 rings (SSSR count). The summed E-state index contributed by atoms with van der Waals surface area (Å²) in [6.07, 6.45) is 2.58. The molecule has 2 heterocycles. The summed E-state index contributed by atoms with van der Waals surface area (Å²) in [4.78, 5) is 32.9. The van der Waals surface area contributed by atoms with Gasteiger partial charge in [-0.25, -0.2) is 0 Å². The Bertz CT molecular complexity index is 717. The number of rotatable bonds is 5. The Balaban J connectivity index is 2.08. The summed E-state index contributed by atoms with van der Waals surface area (Å²) in [5.41, 5.74) is 5.40. The summed E-state index contributed by atoms with van der Waals surface area (Å²) in [5, 5.41) is 20.3. The molecule has 110 valence electrons. The molecule has 2 aromatic heterocycles. The van der Waals surface area contributed by atoms with E-state index in [1.165, 1.54) is 30.2 Å². The molecule has 0 radical (unpaired) electrons. The van der Waals surface area contributed by atoms with Gasteiger partial charge in [0.2, 0.25) is 5.91 Å². The van der Waals surface area contributed by atoms with E-state index in [9.17, 15) is 19.7 Å². The van der Waals surface area contributed by atoms with E-state index in [4.69, 9.17) is 5.73 Å². The lowest BCUT2D eigenvalue weighted by Crippen LogP contribution is -2.22. The van der Waals surface area contributed by atoms with Gasteiger partial charge in [0.1, 0.15) is 12.2 Å². The second-order valence-electron chi connectivity index (χ2n) is 4.07. The Morgan fingerprint density at radius 1 is 1.52 bits per heavy atom. The van der Waals surface area contributed by atoms with Gasteiger partial charge in [-0.15, -0.1) is 0 Å². The number of nitro groups is 1. The normalized spacial score (nSPS) is 10.3. The lowest BCUT2D eigenvalue weighted by Gasteiger charge is -2.04. The predicted octanol–water partition coefficient (Wildman–Crippen LogP) is -0.738. The summed E-state index contributed by atoms with van der Waals surface area (Å²) in [6.45, 7) is -0.249. The number of aromatic nitrogens is 4. The molecular weight excluding hydrogens is 282 g/mol. The predicted molar refractivity (Wildman–Crippen MR) is 69.2 cm³/mol. The number of hydrogen-bond donors (Lipinski definition) is 2. The molecule has 11 heteroatoms. The molecule has 0 bridgehead atoms. The van der Waals surface area contributed by atoms with E-state index in [2.05, 4.69) is 15.5 Å². The highest BCUT2D eigenvalue weighted by Crippen LogP contribution is 2.13. The molecular formula is C10H11N7O4. The quantitative estimate of drug-likeness (QED) is 0.547. The number of carbonyl (C=O) groups excluding carboxylic acids is 2. The Morgan fingerprint density at radius 3 is 2.81 bits per heavy atom. The average molecular weight is 293 g/mol. The number of primary amides is 1. The van der Waals surface area contributed by atoms with Crippen LogP contribution in [-0.2, 0) is 18.4 Å². The topological polar surface area (TPSA) is 151 Å². The molecule has 0 saturated heterocycles. The third-order valence-electron chi connectivity index (χ3n) is 2.57. The van der Waals surface area contributed by atoms with Crippen molar-refractivity contribution < 1.29 is 14.5 Å². The number of carbonyl (C=O) groups is 2. The number of nitrogens with one attached hydrogen (secondary N) is 1. The van der Waals surface area contributed by atoms with Crippen molar-refractivity contribution in [3.63, 3.8) is 0 Å². The number of aryl methyl sites for hydroxylation is 1. The van der Waals surface area contributed by atoms with Crippen LogP contribution in [-0.4, -0.2) is 36.3 Å². The van der Waals surface area contributed by atoms with E-state index in [-0.39, 0.29) is 23.7 Å². The molecule has 0 aromatic carbocycles. The van der Waals surface area contributed by atoms with Crippen molar-refractivity contribution in [1.82, 2.24) is 19.6 Å². The maximum atomic E-state index is 11.8. The second kappa shape index (κ2) is 5.40. The molecule has 0 fully saturated rings. The van der Waals surface area contributed by atoms with Crippen LogP contribution in [0.3, 0.4) is 0 Å². The lowest BCUT2D eigenvalue weighted by molar-refractivity contribution is -0.389. The summed E-state index contributed by atoms with van der Waals surface area (Å²) in [6, 6.07) is 1.17. The third kappa shape index (κ3) is 3.02. The highest BCUT2D eigenvalue weighted by molar-refractivity contribution is 6.01. The van der Waals surface area contributed by atoms with Crippen LogP contribution in [0, 0.1) is 10.1 Å². The Labute approximate surface area is 117 Å². The fourth-order valence-corrected chi connectivity index (χ4v) is 1.69. The SMILES string of the molecule is Cn1ncc(NC(=O)Cn2ccc([N+](=O)[O-])n2)c1C(N)=O. The van der Waals surface area contributed by atoms with E-state index < -0.39 is 16.7 Å². The van der Waals surface area contributed by atoms with Crippen molar-refractivity contribution in [2.75, 3.05) is 5.32 Å². The highest BCUT2D eigenvalue weighted by Gasteiger charge is 2.18. The van der Waals surface area contributed by atoms with Crippen molar-refractivity contribution in [3.8, 4) is 0 Å². The first-order valence-corrected chi connectivity index (χ1v) is 5.68. The standard InChI is InChI=1S/C10H11N7O4/c1-15-9(10(11)19)6(4-12-15)13-8(18)5-16-3-2-7(14-16)17(20)21/h2-4H,5H2,1H3,(H2,11,19)(H,13,18). The molecule has 2 aromatic rings. The van der Waals surface area contributed by atoms with Crippen molar-refractivity contribution in [2.24, 2.45) is 12.8 Å². The minimum Gasteiger partial charge on any atom is -0.364 e. The Hall–Kier alpha value is -3.24. The molecule has 0 aliphatic heterocycles. The Morgan fingerprint density at radius 2 is 2.24 bits per heavy atom. The van der Waals surface area contributed by atoms with Gasteiger partial charge in [-0.3, -0.25) is 14.3 Å². The monoisotopic (exact) mass is 293 g/mol. The smallest absolute Gasteiger partial charge is 0.364 e. The zero-order chi connectivity index (χ0) is 15.6. The second-order valence-corrected chi connectivity index (χ2v) is 4.07. The molecule has 3 N–H and O–H groups in total. The number of anilines is 1. The van der Waals surface area contributed by atoms with Gasteiger partial charge in [0.15, 0.2) is 0 Å². The molecule has 0 aliphatic rings. The zero-order valence-corrected chi connectivity index (χ0v) is 10.9. The van der Waals surface area contributed by atoms with Gasteiger partial charge in [-0.05, 0) is 4.92 Å². The molecule has 11 nitrogen and oxygen atoms in total. The van der Waals surface area contributed by atoms with Crippen LogP contribution in [0.15, 0.2) is 18.5 Å². The maximum Gasteiger partial charge on any atom is 0.389 e. The summed E-state index contributed by atoms with van der Waals surface area (Å²) < 4.78 is 2.34. The van der Waals surface area contributed by atoms with E-state index in [0.29, 0.717) is 0 Å². The van der Waals surface area contributed by atoms with E-state index >= 15 is 0 Å². The van der Waals surface area contributed by atoms with E-state index in [1.807, 2.05) is 0 Å². The lowest BCUT2D eigenvalue weighted by atomic mass is 10.3. The van der Waals surface area contributed by atoms with Crippen LogP contribution >= 0.6 is 0 Å². The first kappa shape index (κ1) is 14.2. The van der Waals surface area contributed by atoms with Gasteiger partial charge < -0.3 is 21.2 Å². The number of hydrogen-bond acceptors (Lipinski definition) is 6. The van der Waals surface area contributed by atoms with Crippen LogP contribution in [0.4, 0.5) is 11.5 Å². The van der Waals surface area contributed by atoms with Gasteiger partial charge in [0.25, 0.3) is 5.91 Å². The fraction of sp³-hybridized carbons (Fsp3) is 0.200. The first-order chi connectivity index (χ1) is 9.88. The van der Waals surface area contributed by atoms with Crippen molar-refractivity contribution in [3.05, 3.63) is 34.3 Å². The summed E-state index contributed by atoms with van der Waals surface area (Å²) >= 11 is 0. The maximum absolute atomic E-state index is 11.8. The fourth-order valence-electron chi connectivity index (χ4n) is 1.69. The van der Waals surface area contributed by atoms with Crippen LogP contribution in [0.5, 0.6) is 0 Å². The molecule has 0 atom stereocenters. The van der Waals surface area contributed by atoms with Gasteiger partial charge >= 0.3 is 5.82 Å². The van der Waals surface area contributed by atoms with Gasteiger partial charge in [-0.2, -0.15) is 9.78 Å². The van der Waals surface area contributed by atoms with Crippen LogP contribution in [0.25, 0.3) is 0 Å². The van der Waals surface area contributed by atoms with Crippen LogP contribution < -0.4 is 11.1 Å². The van der Waals surface area contributed by atoms with E-state index in [1.54, 1.807) is 0 Å².